The van der Waals surface area contributed by atoms with E-state index in [0.29, 0.717) is 15.6 Å². The van der Waals surface area contributed by atoms with Crippen LogP contribution in [0, 0.1) is 12.7 Å². The Labute approximate surface area is 107 Å². The third-order valence-corrected chi connectivity index (χ3v) is 2.97. The summed E-state index contributed by atoms with van der Waals surface area (Å²) in [6, 6.07) is 11.5. The van der Waals surface area contributed by atoms with Crippen molar-refractivity contribution in [1.82, 2.24) is 0 Å². The highest BCUT2D eigenvalue weighted by Gasteiger charge is 2.12. The molecule has 2 rings (SSSR count). The van der Waals surface area contributed by atoms with Crippen molar-refractivity contribution in [2.45, 2.75) is 6.92 Å². The summed E-state index contributed by atoms with van der Waals surface area (Å²) in [5.74, 6) is -0.584. The SMILES string of the molecule is Cc1ccccc1C(=O)c1cc(F)cc(Br)c1. The van der Waals surface area contributed by atoms with Crippen LogP contribution in [0.1, 0.15) is 21.5 Å². The summed E-state index contributed by atoms with van der Waals surface area (Å²) in [5, 5.41) is 0. The van der Waals surface area contributed by atoms with E-state index in [-0.39, 0.29) is 5.78 Å². The molecule has 0 spiro atoms. The molecule has 17 heavy (non-hydrogen) atoms. The van der Waals surface area contributed by atoms with Gasteiger partial charge in [0.2, 0.25) is 0 Å². The van der Waals surface area contributed by atoms with Crippen LogP contribution in [0.25, 0.3) is 0 Å². The van der Waals surface area contributed by atoms with Gasteiger partial charge in [0.25, 0.3) is 0 Å². The average molecular weight is 293 g/mol. The van der Waals surface area contributed by atoms with Crippen LogP contribution in [0.3, 0.4) is 0 Å². The molecule has 0 radical (unpaired) electrons. The standard InChI is InChI=1S/C14H10BrFO/c1-9-4-2-3-5-13(9)14(17)10-6-11(15)8-12(16)7-10/h2-8H,1H3. The van der Waals surface area contributed by atoms with Crippen molar-refractivity contribution in [3.63, 3.8) is 0 Å². The zero-order chi connectivity index (χ0) is 12.4. The summed E-state index contributed by atoms with van der Waals surface area (Å²) in [6.07, 6.45) is 0. The van der Waals surface area contributed by atoms with Gasteiger partial charge in [-0.25, -0.2) is 4.39 Å². The van der Waals surface area contributed by atoms with E-state index in [1.54, 1.807) is 18.2 Å². The fourth-order valence-electron chi connectivity index (χ4n) is 1.67. The number of carbonyl (C=O) groups excluding carboxylic acids is 1. The van der Waals surface area contributed by atoms with Crippen molar-refractivity contribution in [2.24, 2.45) is 0 Å². The number of aryl methyl sites for hydroxylation is 1. The van der Waals surface area contributed by atoms with Crippen LogP contribution in [0.15, 0.2) is 46.9 Å². The Morgan fingerprint density at radius 1 is 1.18 bits per heavy atom. The highest BCUT2D eigenvalue weighted by Crippen LogP contribution is 2.19. The molecule has 0 aliphatic rings. The van der Waals surface area contributed by atoms with Gasteiger partial charge in [0.1, 0.15) is 5.82 Å². The minimum absolute atomic E-state index is 0.164. The maximum Gasteiger partial charge on any atom is 0.193 e. The lowest BCUT2D eigenvalue weighted by Gasteiger charge is -2.05. The van der Waals surface area contributed by atoms with Gasteiger partial charge in [-0.15, -0.1) is 0 Å². The van der Waals surface area contributed by atoms with Crippen LogP contribution in [0.4, 0.5) is 4.39 Å². The molecular formula is C14H10BrFO. The van der Waals surface area contributed by atoms with Crippen LogP contribution >= 0.6 is 15.9 Å². The first-order valence-electron chi connectivity index (χ1n) is 5.14. The quantitative estimate of drug-likeness (QED) is 0.761. The van der Waals surface area contributed by atoms with Crippen molar-refractivity contribution >= 4 is 21.7 Å². The Bertz CT molecular complexity index is 558. The molecule has 0 aromatic heterocycles. The molecule has 0 atom stereocenters. The van der Waals surface area contributed by atoms with Crippen molar-refractivity contribution in [3.05, 3.63) is 69.4 Å². The second-order valence-corrected chi connectivity index (χ2v) is 4.72. The van der Waals surface area contributed by atoms with Gasteiger partial charge < -0.3 is 0 Å². The van der Waals surface area contributed by atoms with Crippen molar-refractivity contribution in [3.8, 4) is 0 Å². The number of rotatable bonds is 2. The first kappa shape index (κ1) is 12.0. The predicted molar refractivity (Wildman–Crippen MR) is 68.7 cm³/mol. The van der Waals surface area contributed by atoms with Crippen molar-refractivity contribution in [2.75, 3.05) is 0 Å². The summed E-state index contributed by atoms with van der Waals surface area (Å²) in [6.45, 7) is 1.86. The molecule has 0 unspecified atom stereocenters. The van der Waals surface area contributed by atoms with Crippen LogP contribution in [-0.2, 0) is 0 Å². The molecule has 0 heterocycles. The molecule has 0 fully saturated rings. The number of ketones is 1. The molecule has 0 N–H and O–H groups in total. The Balaban J connectivity index is 2.48. The first-order valence-corrected chi connectivity index (χ1v) is 5.93. The summed E-state index contributed by atoms with van der Waals surface area (Å²) in [7, 11) is 0. The minimum atomic E-state index is -0.420. The smallest absolute Gasteiger partial charge is 0.193 e. The van der Waals surface area contributed by atoms with Crippen LogP contribution < -0.4 is 0 Å². The van der Waals surface area contributed by atoms with Crippen molar-refractivity contribution in [1.29, 1.82) is 0 Å². The molecular weight excluding hydrogens is 283 g/mol. The monoisotopic (exact) mass is 292 g/mol. The molecule has 2 aromatic rings. The van der Waals surface area contributed by atoms with Gasteiger partial charge in [0.15, 0.2) is 5.78 Å². The lowest BCUT2D eigenvalue weighted by Crippen LogP contribution is -2.04. The second kappa shape index (κ2) is 4.80. The molecule has 3 heteroatoms. The van der Waals surface area contributed by atoms with Gasteiger partial charge in [-0.3, -0.25) is 4.79 Å². The van der Waals surface area contributed by atoms with E-state index in [1.165, 1.54) is 12.1 Å². The Hall–Kier alpha value is -1.48. The molecule has 0 aliphatic heterocycles. The van der Waals surface area contributed by atoms with E-state index in [4.69, 9.17) is 0 Å². The maximum atomic E-state index is 13.2. The largest absolute Gasteiger partial charge is 0.289 e. The molecule has 0 aliphatic carbocycles. The summed E-state index contributed by atoms with van der Waals surface area (Å²) in [4.78, 5) is 12.2. The zero-order valence-electron chi connectivity index (χ0n) is 9.21. The summed E-state index contributed by atoms with van der Waals surface area (Å²) < 4.78 is 13.8. The second-order valence-electron chi connectivity index (χ2n) is 3.80. The molecule has 0 saturated heterocycles. The maximum absolute atomic E-state index is 13.2. The van der Waals surface area contributed by atoms with Crippen LogP contribution in [0.5, 0.6) is 0 Å². The molecule has 0 bridgehead atoms. The summed E-state index contributed by atoms with van der Waals surface area (Å²) >= 11 is 3.18. The Morgan fingerprint density at radius 3 is 2.53 bits per heavy atom. The highest BCUT2D eigenvalue weighted by molar-refractivity contribution is 9.10. The highest BCUT2D eigenvalue weighted by atomic mass is 79.9. The van der Waals surface area contributed by atoms with Crippen LogP contribution in [0.2, 0.25) is 0 Å². The Kier molecular flexibility index (Phi) is 3.38. The Morgan fingerprint density at radius 2 is 1.88 bits per heavy atom. The van der Waals surface area contributed by atoms with Gasteiger partial charge >= 0.3 is 0 Å². The fraction of sp³-hybridized carbons (Fsp3) is 0.0714. The topological polar surface area (TPSA) is 17.1 Å². The van der Waals surface area contributed by atoms with E-state index in [0.717, 1.165) is 5.56 Å². The van der Waals surface area contributed by atoms with Gasteiger partial charge in [-0.1, -0.05) is 40.2 Å². The lowest BCUT2D eigenvalue weighted by atomic mass is 9.99. The third kappa shape index (κ3) is 2.61. The van der Waals surface area contributed by atoms with E-state index in [2.05, 4.69) is 15.9 Å². The van der Waals surface area contributed by atoms with Crippen molar-refractivity contribution < 1.29 is 9.18 Å². The van der Waals surface area contributed by atoms with E-state index >= 15 is 0 Å². The van der Waals surface area contributed by atoms with Gasteiger partial charge in [-0.05, 0) is 30.7 Å². The number of halogens is 2. The number of hydrogen-bond donors (Lipinski definition) is 0. The van der Waals surface area contributed by atoms with E-state index in [1.807, 2.05) is 19.1 Å². The van der Waals surface area contributed by atoms with E-state index < -0.39 is 5.82 Å². The fourth-order valence-corrected chi connectivity index (χ4v) is 2.13. The molecule has 0 saturated carbocycles. The number of carbonyl (C=O) groups is 1. The van der Waals surface area contributed by atoms with Gasteiger partial charge in [-0.2, -0.15) is 0 Å². The number of hydrogen-bond acceptors (Lipinski definition) is 1. The zero-order valence-corrected chi connectivity index (χ0v) is 10.8. The lowest BCUT2D eigenvalue weighted by molar-refractivity contribution is 0.103. The van der Waals surface area contributed by atoms with Crippen LogP contribution in [-0.4, -0.2) is 5.78 Å². The average Bonchev–Trinajstić information content (AvgIpc) is 2.27. The van der Waals surface area contributed by atoms with Gasteiger partial charge in [0, 0.05) is 15.6 Å². The number of benzene rings is 2. The van der Waals surface area contributed by atoms with E-state index in [9.17, 15) is 9.18 Å². The minimum Gasteiger partial charge on any atom is -0.289 e. The van der Waals surface area contributed by atoms with Gasteiger partial charge in [0.05, 0.1) is 0 Å². The summed E-state index contributed by atoms with van der Waals surface area (Å²) in [5.41, 5.74) is 1.84. The molecule has 0 amide bonds. The predicted octanol–water partition coefficient (Wildman–Crippen LogP) is 4.13. The normalized spacial score (nSPS) is 10.3. The molecule has 86 valence electrons. The molecule has 2 aromatic carbocycles. The molecule has 1 nitrogen and oxygen atoms in total. The third-order valence-electron chi connectivity index (χ3n) is 2.51. The first-order chi connectivity index (χ1) is 8.08.